The van der Waals surface area contributed by atoms with Gasteiger partial charge in [-0.3, -0.25) is 14.4 Å². The number of benzene rings is 3. The minimum Gasteiger partial charge on any atom is -0.497 e. The molecule has 3 aromatic rings. The number of hydrogen-bond donors (Lipinski definition) is 1. The molecule has 0 spiro atoms. The van der Waals surface area contributed by atoms with E-state index in [2.05, 4.69) is 5.32 Å². The summed E-state index contributed by atoms with van der Waals surface area (Å²) >= 11 is 6.26. The predicted octanol–water partition coefficient (Wildman–Crippen LogP) is 4.81. The molecule has 0 radical (unpaired) electrons. The van der Waals surface area contributed by atoms with Crippen molar-refractivity contribution in [2.24, 2.45) is 0 Å². The van der Waals surface area contributed by atoms with Crippen molar-refractivity contribution < 1.29 is 23.9 Å². The number of ether oxygens (including phenoxy) is 2. The number of carbonyl (C=O) groups is 3. The van der Waals surface area contributed by atoms with E-state index in [1.165, 1.54) is 14.2 Å². The molecule has 0 aromatic heterocycles. The van der Waals surface area contributed by atoms with Crippen LogP contribution in [0.5, 0.6) is 11.5 Å². The molecule has 9 heteroatoms. The van der Waals surface area contributed by atoms with E-state index in [4.69, 9.17) is 21.1 Å². The molecular formula is C27H24ClN3O5. The van der Waals surface area contributed by atoms with Gasteiger partial charge >= 0.3 is 0 Å². The number of carbonyl (C=O) groups excluding carboxylic acids is 3. The van der Waals surface area contributed by atoms with Crippen LogP contribution in [0.2, 0.25) is 0 Å². The second-order valence-corrected chi connectivity index (χ2v) is 8.14. The van der Waals surface area contributed by atoms with E-state index in [0.29, 0.717) is 23.5 Å². The minimum atomic E-state index is -0.680. The highest BCUT2D eigenvalue weighted by atomic mass is 35.5. The van der Waals surface area contributed by atoms with Crippen LogP contribution in [0.3, 0.4) is 0 Å². The van der Waals surface area contributed by atoms with Crippen LogP contribution in [0, 0.1) is 0 Å². The molecule has 1 N–H and O–H groups in total. The van der Waals surface area contributed by atoms with Gasteiger partial charge in [0, 0.05) is 29.5 Å². The van der Waals surface area contributed by atoms with Crippen molar-refractivity contribution in [3.8, 4) is 11.5 Å². The van der Waals surface area contributed by atoms with E-state index in [1.807, 2.05) is 37.3 Å². The molecule has 1 heterocycles. The predicted molar refractivity (Wildman–Crippen MR) is 139 cm³/mol. The van der Waals surface area contributed by atoms with Crippen molar-refractivity contribution in [2.45, 2.75) is 6.92 Å². The topological polar surface area (TPSA) is 88.2 Å². The van der Waals surface area contributed by atoms with Crippen molar-refractivity contribution in [1.29, 1.82) is 0 Å². The third-order valence-corrected chi connectivity index (χ3v) is 6.04. The SMILES string of the molecule is CCN(C(=O)c1ccc(NC2=C(Cl)C(=O)N(c3ccc(OC)cc3OC)C2=O)cc1)c1ccccc1. The highest BCUT2D eigenvalue weighted by Crippen LogP contribution is 2.37. The molecule has 3 aromatic carbocycles. The summed E-state index contributed by atoms with van der Waals surface area (Å²) in [6, 6.07) is 20.7. The zero-order valence-electron chi connectivity index (χ0n) is 19.9. The molecule has 4 rings (SSSR count). The quantitative estimate of drug-likeness (QED) is 0.442. The number of halogens is 1. The lowest BCUT2D eigenvalue weighted by Crippen LogP contribution is -2.32. The van der Waals surface area contributed by atoms with Gasteiger partial charge in [0.1, 0.15) is 22.2 Å². The zero-order valence-corrected chi connectivity index (χ0v) is 20.7. The Morgan fingerprint density at radius 2 is 1.64 bits per heavy atom. The Bertz CT molecular complexity index is 1340. The van der Waals surface area contributed by atoms with Gasteiger partial charge in [0.05, 0.1) is 19.9 Å². The highest BCUT2D eigenvalue weighted by molar-refractivity contribution is 6.53. The maximum absolute atomic E-state index is 13.2. The fourth-order valence-corrected chi connectivity index (χ4v) is 4.06. The number of hydrogen-bond acceptors (Lipinski definition) is 6. The van der Waals surface area contributed by atoms with Gasteiger partial charge in [0.2, 0.25) is 0 Å². The van der Waals surface area contributed by atoms with Crippen molar-refractivity contribution in [3.63, 3.8) is 0 Å². The zero-order chi connectivity index (χ0) is 25.8. The number of anilines is 3. The fourth-order valence-electron chi connectivity index (χ4n) is 3.85. The van der Waals surface area contributed by atoms with Crippen molar-refractivity contribution in [2.75, 3.05) is 35.9 Å². The van der Waals surface area contributed by atoms with Gasteiger partial charge in [-0.25, -0.2) is 4.90 Å². The Balaban J connectivity index is 1.54. The Kier molecular flexibility index (Phi) is 7.26. The summed E-state index contributed by atoms with van der Waals surface area (Å²) in [7, 11) is 2.93. The summed E-state index contributed by atoms with van der Waals surface area (Å²) in [6.45, 7) is 2.41. The molecule has 8 nitrogen and oxygen atoms in total. The third kappa shape index (κ3) is 4.63. The summed E-state index contributed by atoms with van der Waals surface area (Å²) < 4.78 is 10.5. The number of imide groups is 1. The van der Waals surface area contributed by atoms with Crippen LogP contribution >= 0.6 is 11.6 Å². The number of amides is 3. The highest BCUT2D eigenvalue weighted by Gasteiger charge is 2.40. The molecule has 0 saturated heterocycles. The average Bonchev–Trinajstić information content (AvgIpc) is 3.12. The molecule has 0 fully saturated rings. The lowest BCUT2D eigenvalue weighted by Gasteiger charge is -2.21. The maximum Gasteiger partial charge on any atom is 0.283 e. The first-order chi connectivity index (χ1) is 17.4. The van der Waals surface area contributed by atoms with Crippen molar-refractivity contribution in [1.82, 2.24) is 0 Å². The molecule has 0 atom stereocenters. The summed E-state index contributed by atoms with van der Waals surface area (Å²) in [5.74, 6) is -0.674. The molecule has 0 bridgehead atoms. The molecule has 0 saturated carbocycles. The van der Waals surface area contributed by atoms with E-state index in [9.17, 15) is 14.4 Å². The van der Waals surface area contributed by atoms with E-state index in [0.717, 1.165) is 10.6 Å². The summed E-state index contributed by atoms with van der Waals surface area (Å²) in [6.07, 6.45) is 0. The number of nitrogens with one attached hydrogen (secondary N) is 1. The van der Waals surface area contributed by atoms with Crippen LogP contribution in [-0.2, 0) is 9.59 Å². The summed E-state index contributed by atoms with van der Waals surface area (Å²) in [4.78, 5) is 41.7. The van der Waals surface area contributed by atoms with Crippen molar-refractivity contribution >= 4 is 46.4 Å². The first-order valence-corrected chi connectivity index (χ1v) is 11.5. The minimum absolute atomic E-state index is 0.0712. The largest absolute Gasteiger partial charge is 0.497 e. The number of rotatable bonds is 8. The van der Waals surface area contributed by atoms with Crippen LogP contribution in [0.4, 0.5) is 17.1 Å². The second kappa shape index (κ2) is 10.5. The molecule has 3 amide bonds. The second-order valence-electron chi connectivity index (χ2n) is 7.76. The fraction of sp³-hybridized carbons (Fsp3) is 0.148. The molecule has 1 aliphatic rings. The van der Waals surface area contributed by atoms with Gasteiger partial charge in [0.15, 0.2) is 0 Å². The van der Waals surface area contributed by atoms with E-state index in [1.54, 1.807) is 47.4 Å². The number of para-hydroxylation sites is 1. The van der Waals surface area contributed by atoms with Gasteiger partial charge in [-0.15, -0.1) is 0 Å². The lowest BCUT2D eigenvalue weighted by molar-refractivity contribution is -0.120. The van der Waals surface area contributed by atoms with E-state index >= 15 is 0 Å². The summed E-state index contributed by atoms with van der Waals surface area (Å²) in [5.41, 5.74) is 1.94. The number of methoxy groups -OCH3 is 2. The maximum atomic E-state index is 13.2. The molecule has 1 aliphatic heterocycles. The third-order valence-electron chi connectivity index (χ3n) is 5.69. The van der Waals surface area contributed by atoms with E-state index in [-0.39, 0.29) is 28.1 Å². The summed E-state index contributed by atoms with van der Waals surface area (Å²) in [5, 5.41) is 2.67. The average molecular weight is 506 g/mol. The van der Waals surface area contributed by atoms with Crippen LogP contribution in [0.15, 0.2) is 83.5 Å². The van der Waals surface area contributed by atoms with Crippen molar-refractivity contribution in [3.05, 3.63) is 89.1 Å². The molecule has 184 valence electrons. The Morgan fingerprint density at radius 3 is 2.25 bits per heavy atom. The normalized spacial score (nSPS) is 13.2. The smallest absolute Gasteiger partial charge is 0.283 e. The van der Waals surface area contributed by atoms with Gasteiger partial charge in [0.25, 0.3) is 17.7 Å². The van der Waals surface area contributed by atoms with E-state index < -0.39 is 11.8 Å². The molecule has 36 heavy (non-hydrogen) atoms. The van der Waals surface area contributed by atoms with Crippen LogP contribution in [0.1, 0.15) is 17.3 Å². The lowest BCUT2D eigenvalue weighted by atomic mass is 10.1. The molecular weight excluding hydrogens is 482 g/mol. The standard InChI is InChI=1S/C27H24ClN3O5/c1-4-30(19-8-6-5-7-9-19)25(32)17-10-12-18(13-11-17)29-24-23(28)26(33)31(27(24)34)21-15-14-20(35-2)16-22(21)36-3/h5-16,29H,4H2,1-3H3. The van der Waals surface area contributed by atoms with Crippen LogP contribution in [-0.4, -0.2) is 38.5 Å². The Morgan fingerprint density at radius 1 is 0.944 bits per heavy atom. The Labute approximate surface area is 213 Å². The van der Waals surface area contributed by atoms with Gasteiger partial charge < -0.3 is 19.7 Å². The first kappa shape index (κ1) is 24.8. The first-order valence-electron chi connectivity index (χ1n) is 11.1. The Hall–Kier alpha value is -4.30. The molecule has 0 unspecified atom stereocenters. The van der Waals surface area contributed by atoms with Gasteiger partial charge in [-0.1, -0.05) is 29.8 Å². The number of nitrogens with zero attached hydrogens (tertiary/aromatic N) is 2. The monoisotopic (exact) mass is 505 g/mol. The van der Waals surface area contributed by atoms with Gasteiger partial charge in [-0.2, -0.15) is 0 Å². The van der Waals surface area contributed by atoms with Gasteiger partial charge in [-0.05, 0) is 55.5 Å². The molecule has 0 aliphatic carbocycles. The van der Waals surface area contributed by atoms with Crippen LogP contribution < -0.4 is 24.6 Å². The van der Waals surface area contributed by atoms with Crippen LogP contribution in [0.25, 0.3) is 0 Å².